The highest BCUT2D eigenvalue weighted by Gasteiger charge is 2.27. The van der Waals surface area contributed by atoms with E-state index in [-0.39, 0.29) is 12.6 Å². The molecule has 108 valence electrons. The first-order chi connectivity index (χ1) is 9.56. The van der Waals surface area contributed by atoms with Crippen LogP contribution in [0.5, 0.6) is 0 Å². The van der Waals surface area contributed by atoms with Gasteiger partial charge in [-0.1, -0.05) is 23.7 Å². The highest BCUT2D eigenvalue weighted by Crippen LogP contribution is 2.16. The molecule has 1 fully saturated rings. The molecule has 0 radical (unpaired) electrons. The number of nitrogens with zero attached hydrogens (tertiary/aromatic N) is 1. The summed E-state index contributed by atoms with van der Waals surface area (Å²) in [5.41, 5.74) is 0.953. The Labute approximate surface area is 122 Å². The predicted molar refractivity (Wildman–Crippen MR) is 75.6 cm³/mol. The van der Waals surface area contributed by atoms with Crippen molar-refractivity contribution >= 4 is 23.6 Å². The van der Waals surface area contributed by atoms with Gasteiger partial charge in [0.2, 0.25) is 0 Å². The molecule has 1 saturated heterocycles. The van der Waals surface area contributed by atoms with Crippen LogP contribution in [0.25, 0.3) is 0 Å². The lowest BCUT2D eigenvalue weighted by atomic mass is 9.99. The van der Waals surface area contributed by atoms with Crippen molar-refractivity contribution in [1.82, 2.24) is 10.2 Å². The van der Waals surface area contributed by atoms with Crippen molar-refractivity contribution in [3.05, 3.63) is 34.9 Å². The first-order valence-electron chi connectivity index (χ1n) is 6.56. The first-order valence-corrected chi connectivity index (χ1v) is 6.94. The van der Waals surface area contributed by atoms with Crippen LogP contribution in [0.1, 0.15) is 18.4 Å². The number of carbonyl (C=O) groups is 2. The van der Waals surface area contributed by atoms with Crippen molar-refractivity contribution in [2.45, 2.75) is 19.4 Å². The van der Waals surface area contributed by atoms with Crippen LogP contribution in [0.3, 0.4) is 0 Å². The van der Waals surface area contributed by atoms with Crippen molar-refractivity contribution < 1.29 is 14.7 Å². The Hall–Kier alpha value is -1.75. The summed E-state index contributed by atoms with van der Waals surface area (Å²) in [5.74, 6) is -1.29. The Morgan fingerprint density at radius 3 is 2.70 bits per heavy atom. The van der Waals surface area contributed by atoms with Crippen LogP contribution < -0.4 is 5.32 Å². The van der Waals surface area contributed by atoms with E-state index in [0.29, 0.717) is 24.5 Å². The molecular formula is C14H17ClN2O3. The fraction of sp³-hybridized carbons (Fsp3) is 0.429. The molecule has 0 unspecified atom stereocenters. The normalized spacial score (nSPS) is 18.6. The number of carboxylic acid groups (broad SMARTS) is 1. The van der Waals surface area contributed by atoms with Gasteiger partial charge in [0.05, 0.1) is 5.92 Å². The van der Waals surface area contributed by atoms with Crippen LogP contribution in [-0.4, -0.2) is 35.1 Å². The number of carbonyl (C=O) groups excluding carboxylic acids is 1. The largest absolute Gasteiger partial charge is 0.481 e. The molecule has 2 N–H and O–H groups in total. The zero-order valence-electron chi connectivity index (χ0n) is 11.0. The third-order valence-corrected chi connectivity index (χ3v) is 3.67. The molecule has 1 atom stereocenters. The van der Waals surface area contributed by atoms with Crippen molar-refractivity contribution in [2.75, 3.05) is 13.1 Å². The summed E-state index contributed by atoms with van der Waals surface area (Å²) >= 11 is 5.79. The van der Waals surface area contributed by atoms with Crippen LogP contribution >= 0.6 is 11.6 Å². The van der Waals surface area contributed by atoms with Gasteiger partial charge >= 0.3 is 12.0 Å². The first kappa shape index (κ1) is 14.7. The summed E-state index contributed by atoms with van der Waals surface area (Å²) in [4.78, 5) is 24.5. The highest BCUT2D eigenvalue weighted by molar-refractivity contribution is 6.30. The summed E-state index contributed by atoms with van der Waals surface area (Å²) in [7, 11) is 0. The maximum Gasteiger partial charge on any atom is 0.317 e. The molecule has 0 aliphatic carbocycles. The maximum atomic E-state index is 12.0. The molecule has 0 spiro atoms. The number of carboxylic acids is 1. The van der Waals surface area contributed by atoms with E-state index in [1.807, 2.05) is 12.1 Å². The van der Waals surface area contributed by atoms with E-state index < -0.39 is 11.9 Å². The molecule has 0 aromatic heterocycles. The maximum absolute atomic E-state index is 12.0. The minimum Gasteiger partial charge on any atom is -0.481 e. The van der Waals surface area contributed by atoms with Crippen LogP contribution in [0.15, 0.2) is 24.3 Å². The molecule has 2 rings (SSSR count). The van der Waals surface area contributed by atoms with E-state index in [0.717, 1.165) is 12.0 Å². The Balaban J connectivity index is 1.85. The lowest BCUT2D eigenvalue weighted by Crippen LogP contribution is -2.46. The van der Waals surface area contributed by atoms with Gasteiger partial charge in [-0.05, 0) is 30.5 Å². The Morgan fingerprint density at radius 2 is 2.05 bits per heavy atom. The van der Waals surface area contributed by atoms with E-state index in [9.17, 15) is 9.59 Å². The molecule has 5 nitrogen and oxygen atoms in total. The Bertz CT molecular complexity index is 490. The van der Waals surface area contributed by atoms with Gasteiger partial charge in [-0.3, -0.25) is 4.79 Å². The van der Waals surface area contributed by atoms with Gasteiger partial charge in [-0.15, -0.1) is 0 Å². The number of rotatable bonds is 3. The number of urea groups is 1. The monoisotopic (exact) mass is 296 g/mol. The molecule has 0 bridgehead atoms. The average Bonchev–Trinajstić information content (AvgIpc) is 2.46. The van der Waals surface area contributed by atoms with E-state index >= 15 is 0 Å². The number of amides is 2. The molecule has 1 heterocycles. The van der Waals surface area contributed by atoms with Gasteiger partial charge in [0.15, 0.2) is 0 Å². The van der Waals surface area contributed by atoms with Crippen molar-refractivity contribution in [2.24, 2.45) is 5.92 Å². The Morgan fingerprint density at radius 1 is 1.35 bits per heavy atom. The van der Waals surface area contributed by atoms with E-state index in [1.54, 1.807) is 17.0 Å². The number of nitrogens with one attached hydrogen (secondary N) is 1. The van der Waals surface area contributed by atoms with Gasteiger partial charge in [-0.25, -0.2) is 4.79 Å². The van der Waals surface area contributed by atoms with E-state index in [2.05, 4.69) is 5.32 Å². The van der Waals surface area contributed by atoms with Crippen molar-refractivity contribution in [3.63, 3.8) is 0 Å². The predicted octanol–water partition coefficient (Wildman–Crippen LogP) is 2.35. The standard InChI is InChI=1S/C14H17ClN2O3/c15-12-5-3-10(4-6-12)8-16-14(20)17-7-1-2-11(9-17)13(18)19/h3-6,11H,1-2,7-9H2,(H,16,20)(H,18,19)/t11-/m0/s1. The quantitative estimate of drug-likeness (QED) is 0.899. The smallest absolute Gasteiger partial charge is 0.317 e. The molecule has 2 amide bonds. The molecule has 0 saturated carbocycles. The van der Waals surface area contributed by atoms with Crippen molar-refractivity contribution in [1.29, 1.82) is 0 Å². The number of aliphatic carboxylic acids is 1. The minimum absolute atomic E-state index is 0.217. The number of piperidine rings is 1. The molecule has 6 heteroatoms. The highest BCUT2D eigenvalue weighted by atomic mass is 35.5. The van der Waals surface area contributed by atoms with Crippen LogP contribution in [0.4, 0.5) is 4.79 Å². The third-order valence-electron chi connectivity index (χ3n) is 3.41. The second kappa shape index (κ2) is 6.61. The Kier molecular flexibility index (Phi) is 4.84. The van der Waals surface area contributed by atoms with Gasteiger partial charge in [0.25, 0.3) is 0 Å². The number of hydrogen-bond acceptors (Lipinski definition) is 2. The minimum atomic E-state index is -0.833. The summed E-state index contributed by atoms with van der Waals surface area (Å²) < 4.78 is 0. The van der Waals surface area contributed by atoms with Crippen LogP contribution in [-0.2, 0) is 11.3 Å². The SMILES string of the molecule is O=C(O)[C@H]1CCCN(C(=O)NCc2ccc(Cl)cc2)C1. The molecule has 1 aromatic carbocycles. The zero-order valence-corrected chi connectivity index (χ0v) is 11.8. The van der Waals surface area contributed by atoms with Gasteiger partial charge < -0.3 is 15.3 Å². The summed E-state index contributed by atoms with van der Waals surface area (Å²) in [6.45, 7) is 1.29. The number of halogens is 1. The van der Waals surface area contributed by atoms with Crippen molar-refractivity contribution in [3.8, 4) is 0 Å². The summed E-state index contributed by atoms with van der Waals surface area (Å²) in [6, 6.07) is 7.01. The fourth-order valence-corrected chi connectivity index (χ4v) is 2.38. The number of benzene rings is 1. The van der Waals surface area contributed by atoms with Crippen LogP contribution in [0.2, 0.25) is 5.02 Å². The topological polar surface area (TPSA) is 69.6 Å². The lowest BCUT2D eigenvalue weighted by Gasteiger charge is -2.30. The molecule has 20 heavy (non-hydrogen) atoms. The second-order valence-electron chi connectivity index (χ2n) is 4.91. The number of hydrogen-bond donors (Lipinski definition) is 2. The molecule has 1 aliphatic rings. The lowest BCUT2D eigenvalue weighted by molar-refractivity contribution is -0.143. The summed E-state index contributed by atoms with van der Waals surface area (Å²) in [6.07, 6.45) is 1.36. The molecule has 1 aromatic rings. The summed E-state index contributed by atoms with van der Waals surface area (Å²) in [5, 5.41) is 12.5. The van der Waals surface area contributed by atoms with E-state index in [4.69, 9.17) is 16.7 Å². The zero-order chi connectivity index (χ0) is 14.5. The van der Waals surface area contributed by atoms with Gasteiger partial charge in [-0.2, -0.15) is 0 Å². The second-order valence-corrected chi connectivity index (χ2v) is 5.35. The average molecular weight is 297 g/mol. The van der Waals surface area contributed by atoms with Crippen LogP contribution in [0, 0.1) is 5.92 Å². The molecule has 1 aliphatic heterocycles. The van der Waals surface area contributed by atoms with Gasteiger partial charge in [0.1, 0.15) is 0 Å². The fourth-order valence-electron chi connectivity index (χ4n) is 2.25. The number of likely N-dealkylation sites (tertiary alicyclic amines) is 1. The molecular weight excluding hydrogens is 280 g/mol. The van der Waals surface area contributed by atoms with E-state index in [1.165, 1.54) is 0 Å². The van der Waals surface area contributed by atoms with Gasteiger partial charge in [0, 0.05) is 24.7 Å². The third kappa shape index (κ3) is 3.87.